The number of amides is 1. The van der Waals surface area contributed by atoms with Crippen LogP contribution in [0.2, 0.25) is 0 Å². The van der Waals surface area contributed by atoms with E-state index in [2.05, 4.69) is 10.6 Å². The Kier molecular flexibility index (Phi) is 6.80. The van der Waals surface area contributed by atoms with Gasteiger partial charge in [-0.1, -0.05) is 30.3 Å². The van der Waals surface area contributed by atoms with Crippen LogP contribution in [0.3, 0.4) is 0 Å². The van der Waals surface area contributed by atoms with Gasteiger partial charge < -0.3 is 20.6 Å². The molecular formula is C24H20F3IN4O2. The van der Waals surface area contributed by atoms with Crippen LogP contribution in [0.15, 0.2) is 60.7 Å². The van der Waals surface area contributed by atoms with E-state index in [4.69, 9.17) is 5.41 Å². The number of hydrogen-bond donors (Lipinski definition) is 4. The summed E-state index contributed by atoms with van der Waals surface area (Å²) in [5.41, 5.74) is -1.42. The van der Waals surface area contributed by atoms with Gasteiger partial charge in [-0.05, 0) is 52.9 Å². The molecule has 3 aromatic carbocycles. The van der Waals surface area contributed by atoms with Gasteiger partial charge in [-0.15, -0.1) is 0 Å². The third kappa shape index (κ3) is 5.02. The number of benzene rings is 3. The van der Waals surface area contributed by atoms with E-state index in [1.54, 1.807) is 30.3 Å². The summed E-state index contributed by atoms with van der Waals surface area (Å²) in [6.45, 7) is -0.115. The molecule has 0 aromatic heterocycles. The monoisotopic (exact) mass is 580 g/mol. The van der Waals surface area contributed by atoms with Crippen molar-refractivity contribution in [3.05, 3.63) is 92.8 Å². The van der Waals surface area contributed by atoms with Crippen LogP contribution in [0.5, 0.6) is 0 Å². The zero-order chi connectivity index (χ0) is 24.5. The second kappa shape index (κ2) is 9.63. The predicted octanol–water partition coefficient (Wildman–Crippen LogP) is 4.25. The van der Waals surface area contributed by atoms with Crippen molar-refractivity contribution in [2.24, 2.45) is 0 Å². The van der Waals surface area contributed by atoms with Crippen molar-refractivity contribution in [2.75, 3.05) is 25.0 Å². The molecule has 1 fully saturated rings. The van der Waals surface area contributed by atoms with Crippen LogP contribution in [0, 0.1) is 26.4 Å². The van der Waals surface area contributed by atoms with Crippen LogP contribution >= 0.6 is 22.6 Å². The molecule has 0 bridgehead atoms. The highest BCUT2D eigenvalue weighted by Crippen LogP contribution is 2.31. The van der Waals surface area contributed by atoms with Crippen LogP contribution in [0.4, 0.5) is 24.5 Å². The molecule has 0 saturated carbocycles. The molecule has 3 aromatic rings. The molecule has 4 N–H and O–H groups in total. The van der Waals surface area contributed by atoms with Crippen molar-refractivity contribution in [2.45, 2.75) is 5.60 Å². The van der Waals surface area contributed by atoms with Gasteiger partial charge in [0.2, 0.25) is 0 Å². The molecule has 0 atom stereocenters. The molecule has 4 rings (SSSR count). The summed E-state index contributed by atoms with van der Waals surface area (Å²) in [7, 11) is 0. The van der Waals surface area contributed by atoms with E-state index >= 15 is 0 Å². The predicted molar refractivity (Wildman–Crippen MR) is 131 cm³/mol. The molecule has 0 radical (unpaired) electrons. The summed E-state index contributed by atoms with van der Waals surface area (Å²) in [4.78, 5) is 14.3. The van der Waals surface area contributed by atoms with E-state index in [0.717, 1.165) is 12.1 Å². The molecule has 6 nitrogen and oxygen atoms in total. The van der Waals surface area contributed by atoms with E-state index < -0.39 is 34.6 Å². The van der Waals surface area contributed by atoms with Gasteiger partial charge in [0, 0.05) is 15.7 Å². The number of nitrogens with zero attached hydrogens (tertiary/aromatic N) is 1. The first kappa shape index (κ1) is 24.0. The van der Waals surface area contributed by atoms with Crippen molar-refractivity contribution < 1.29 is 23.1 Å². The second-order valence-corrected chi connectivity index (χ2v) is 9.26. The van der Waals surface area contributed by atoms with Gasteiger partial charge in [0.1, 0.15) is 17.3 Å². The Morgan fingerprint density at radius 2 is 1.76 bits per heavy atom. The summed E-state index contributed by atoms with van der Waals surface area (Å²) < 4.78 is 43.4. The largest absolute Gasteiger partial charge is 0.384 e. The number of rotatable bonds is 6. The van der Waals surface area contributed by atoms with Crippen LogP contribution in [0.25, 0.3) is 0 Å². The Labute approximate surface area is 207 Å². The number of halogens is 4. The van der Waals surface area contributed by atoms with Gasteiger partial charge in [0.05, 0.1) is 30.0 Å². The third-order valence-corrected chi connectivity index (χ3v) is 6.10. The average Bonchev–Trinajstić information content (AvgIpc) is 2.80. The highest BCUT2D eigenvalue weighted by Gasteiger charge is 2.44. The molecule has 1 amide bonds. The Hall–Kier alpha value is -3.12. The Balaban J connectivity index is 1.46. The molecule has 176 valence electrons. The first-order valence-electron chi connectivity index (χ1n) is 10.3. The summed E-state index contributed by atoms with van der Waals surface area (Å²) in [6, 6.07) is 15.0. The first-order chi connectivity index (χ1) is 16.2. The highest BCUT2D eigenvalue weighted by atomic mass is 127. The molecule has 1 aliphatic rings. The summed E-state index contributed by atoms with van der Waals surface area (Å²) >= 11 is 1.92. The fourth-order valence-electron chi connectivity index (χ4n) is 3.63. The smallest absolute Gasteiger partial charge is 0.256 e. The minimum atomic E-state index is -1.31. The van der Waals surface area contributed by atoms with Crippen LogP contribution in [-0.4, -0.2) is 47.0 Å². The third-order valence-electron chi connectivity index (χ3n) is 5.43. The lowest BCUT2D eigenvalue weighted by Gasteiger charge is -2.46. The van der Waals surface area contributed by atoms with E-state index in [0.29, 0.717) is 9.13 Å². The zero-order valence-corrected chi connectivity index (χ0v) is 19.9. The molecule has 0 unspecified atom stereocenters. The molecule has 1 saturated heterocycles. The van der Waals surface area contributed by atoms with Crippen molar-refractivity contribution >= 4 is 45.7 Å². The van der Waals surface area contributed by atoms with Crippen LogP contribution < -0.4 is 10.6 Å². The van der Waals surface area contributed by atoms with E-state index in [9.17, 15) is 23.1 Å². The van der Waals surface area contributed by atoms with Gasteiger partial charge in [-0.2, -0.15) is 0 Å². The molecule has 1 heterocycles. The molecule has 1 aliphatic heterocycles. The van der Waals surface area contributed by atoms with Crippen molar-refractivity contribution in [1.82, 2.24) is 10.2 Å². The molecule has 34 heavy (non-hydrogen) atoms. The Morgan fingerprint density at radius 3 is 2.44 bits per heavy atom. The van der Waals surface area contributed by atoms with Crippen LogP contribution in [0.1, 0.15) is 15.9 Å². The molecular weight excluding hydrogens is 560 g/mol. The van der Waals surface area contributed by atoms with E-state index in [1.807, 2.05) is 28.7 Å². The van der Waals surface area contributed by atoms with Gasteiger partial charge in [0.25, 0.3) is 5.91 Å². The first-order valence-corrected chi connectivity index (χ1v) is 11.3. The number of amidine groups is 1. The Morgan fingerprint density at radius 1 is 1.06 bits per heavy atom. The Bertz CT molecular complexity index is 1250. The lowest BCUT2D eigenvalue weighted by atomic mass is 9.92. The van der Waals surface area contributed by atoms with Crippen molar-refractivity contribution in [3.8, 4) is 0 Å². The number of aliphatic hydroxyl groups is 1. The summed E-state index contributed by atoms with van der Waals surface area (Å²) in [6.07, 6.45) is 0. The van der Waals surface area contributed by atoms with Crippen LogP contribution in [-0.2, 0) is 0 Å². The minimum Gasteiger partial charge on any atom is -0.384 e. The standard InChI is InChI=1S/C24H20F3IN4O2/c25-17-8-7-16(21(20(17)27)31-19-9-6-15(28)10-18(19)26)23(33)32-12-24(34,13-32)11-30-22(29)14-4-2-1-3-5-14/h1-10,31,34H,11-13H2,(H2,29,30). The van der Waals surface area contributed by atoms with Crippen molar-refractivity contribution in [3.63, 3.8) is 0 Å². The lowest BCUT2D eigenvalue weighted by Crippen LogP contribution is -2.67. The number of carbonyl (C=O) groups excluding carboxylic acids is 1. The van der Waals surface area contributed by atoms with Gasteiger partial charge in [0.15, 0.2) is 11.6 Å². The maximum atomic E-state index is 14.6. The number of anilines is 2. The van der Waals surface area contributed by atoms with Gasteiger partial charge in [-0.25, -0.2) is 13.2 Å². The number of β-amino-alcohol motifs (C(OH)–C–C–N with tert-alkyl or cyclic N) is 1. The highest BCUT2D eigenvalue weighted by molar-refractivity contribution is 14.1. The van der Waals surface area contributed by atoms with E-state index in [-0.39, 0.29) is 36.7 Å². The molecule has 0 spiro atoms. The molecule has 10 heteroatoms. The molecule has 0 aliphatic carbocycles. The number of likely N-dealkylation sites (tertiary alicyclic amines) is 1. The fraction of sp³-hybridized carbons (Fsp3) is 0.167. The summed E-state index contributed by atoms with van der Waals surface area (Å²) in [5, 5.41) is 24.1. The quantitative estimate of drug-likeness (QED) is 0.200. The number of nitrogens with one attached hydrogen (secondary N) is 3. The number of carbonyl (C=O) groups is 1. The maximum absolute atomic E-state index is 14.6. The number of hydrogen-bond acceptors (Lipinski definition) is 4. The topological polar surface area (TPSA) is 88.5 Å². The maximum Gasteiger partial charge on any atom is 0.256 e. The fourth-order valence-corrected chi connectivity index (χ4v) is 4.08. The van der Waals surface area contributed by atoms with Gasteiger partial charge in [-0.3, -0.25) is 10.2 Å². The average molecular weight is 580 g/mol. The van der Waals surface area contributed by atoms with Crippen molar-refractivity contribution in [1.29, 1.82) is 5.41 Å². The van der Waals surface area contributed by atoms with Gasteiger partial charge >= 0.3 is 0 Å². The minimum absolute atomic E-state index is 0.0290. The van der Waals surface area contributed by atoms with E-state index in [1.165, 1.54) is 17.0 Å². The zero-order valence-electron chi connectivity index (χ0n) is 17.7. The second-order valence-electron chi connectivity index (χ2n) is 8.01. The SMILES string of the molecule is N=C(NCC1(O)CN(C(=O)c2ccc(F)c(F)c2Nc2ccc(I)cc2F)C1)c1ccccc1. The normalized spacial score (nSPS) is 14.3. The lowest BCUT2D eigenvalue weighted by molar-refractivity contribution is -0.0761. The summed E-state index contributed by atoms with van der Waals surface area (Å²) in [5.74, 6) is -3.69.